The summed E-state index contributed by atoms with van der Waals surface area (Å²) < 4.78 is 6.68. The number of benzene rings is 1. The van der Waals surface area contributed by atoms with E-state index in [0.717, 1.165) is 22.3 Å². The Morgan fingerprint density at radius 1 is 1.29 bits per heavy atom. The van der Waals surface area contributed by atoms with Gasteiger partial charge in [0.2, 0.25) is 0 Å². The minimum Gasteiger partial charge on any atom is -0.491 e. The van der Waals surface area contributed by atoms with Crippen LogP contribution in [-0.4, -0.2) is 36.2 Å². The monoisotopic (exact) mass is 299 g/mol. The van der Waals surface area contributed by atoms with E-state index in [-0.39, 0.29) is 6.61 Å². The van der Waals surface area contributed by atoms with Gasteiger partial charge < -0.3 is 9.84 Å². The molecule has 2 rings (SSSR count). The Morgan fingerprint density at radius 2 is 2.06 bits per heavy atom. The third-order valence-electron chi connectivity index (χ3n) is 3.07. The Bertz CT molecular complexity index is 364. The second-order valence-corrected chi connectivity index (χ2v) is 5.14. The maximum absolute atomic E-state index is 9.24. The Kier molecular flexibility index (Phi) is 4.83. The van der Waals surface area contributed by atoms with Crippen LogP contribution < -0.4 is 4.74 Å². The van der Waals surface area contributed by atoms with Crippen LogP contribution in [-0.2, 0) is 6.61 Å². The lowest BCUT2D eigenvalue weighted by Crippen LogP contribution is -2.25. The van der Waals surface area contributed by atoms with Gasteiger partial charge in [-0.15, -0.1) is 0 Å². The van der Waals surface area contributed by atoms with Crippen molar-refractivity contribution in [3.05, 3.63) is 28.2 Å². The third-order valence-corrected chi connectivity index (χ3v) is 3.70. The highest BCUT2D eigenvalue weighted by molar-refractivity contribution is 9.10. The van der Waals surface area contributed by atoms with Gasteiger partial charge in [-0.3, -0.25) is 4.90 Å². The molecule has 1 aromatic carbocycles. The van der Waals surface area contributed by atoms with Crippen molar-refractivity contribution in [2.45, 2.75) is 19.4 Å². The van der Waals surface area contributed by atoms with Crippen LogP contribution in [0.15, 0.2) is 22.7 Å². The molecule has 0 aliphatic carbocycles. The fourth-order valence-corrected chi connectivity index (χ4v) is 2.64. The first-order valence-electron chi connectivity index (χ1n) is 6.04. The minimum atomic E-state index is 0.0124. The zero-order valence-corrected chi connectivity index (χ0v) is 11.4. The SMILES string of the molecule is OCc1cccc(Br)c1OCCN1CCCC1. The van der Waals surface area contributed by atoms with E-state index < -0.39 is 0 Å². The van der Waals surface area contributed by atoms with Crippen molar-refractivity contribution >= 4 is 15.9 Å². The van der Waals surface area contributed by atoms with Gasteiger partial charge in [0, 0.05) is 12.1 Å². The molecule has 1 aromatic rings. The third kappa shape index (κ3) is 3.44. The van der Waals surface area contributed by atoms with E-state index in [9.17, 15) is 5.11 Å². The van der Waals surface area contributed by atoms with E-state index >= 15 is 0 Å². The van der Waals surface area contributed by atoms with Crippen molar-refractivity contribution in [2.75, 3.05) is 26.2 Å². The second-order valence-electron chi connectivity index (χ2n) is 4.28. The number of halogens is 1. The largest absolute Gasteiger partial charge is 0.491 e. The Hall–Kier alpha value is -0.580. The molecule has 0 radical (unpaired) electrons. The van der Waals surface area contributed by atoms with Crippen LogP contribution in [0.5, 0.6) is 5.75 Å². The minimum absolute atomic E-state index is 0.0124. The molecule has 0 unspecified atom stereocenters. The maximum Gasteiger partial charge on any atom is 0.139 e. The highest BCUT2D eigenvalue weighted by Gasteiger charge is 2.12. The maximum atomic E-state index is 9.24. The van der Waals surface area contributed by atoms with Gasteiger partial charge in [-0.05, 0) is 47.9 Å². The van der Waals surface area contributed by atoms with Gasteiger partial charge in [0.25, 0.3) is 0 Å². The smallest absolute Gasteiger partial charge is 0.139 e. The Balaban J connectivity index is 1.89. The summed E-state index contributed by atoms with van der Waals surface area (Å²) in [5, 5.41) is 9.24. The van der Waals surface area contributed by atoms with Crippen molar-refractivity contribution in [1.82, 2.24) is 4.90 Å². The molecular weight excluding hydrogens is 282 g/mol. The first kappa shape index (κ1) is 12.9. The fraction of sp³-hybridized carbons (Fsp3) is 0.538. The first-order chi connectivity index (χ1) is 8.31. The molecule has 0 amide bonds. The molecule has 0 aromatic heterocycles. The van der Waals surface area contributed by atoms with Crippen LogP contribution >= 0.6 is 15.9 Å². The Morgan fingerprint density at radius 3 is 2.76 bits per heavy atom. The zero-order valence-electron chi connectivity index (χ0n) is 9.86. The van der Waals surface area contributed by atoms with Crippen molar-refractivity contribution in [1.29, 1.82) is 0 Å². The van der Waals surface area contributed by atoms with E-state index in [1.165, 1.54) is 25.9 Å². The summed E-state index contributed by atoms with van der Waals surface area (Å²) in [5.41, 5.74) is 0.834. The van der Waals surface area contributed by atoms with Crippen molar-refractivity contribution in [3.63, 3.8) is 0 Å². The van der Waals surface area contributed by atoms with Crippen LogP contribution in [0.2, 0.25) is 0 Å². The lowest BCUT2D eigenvalue weighted by atomic mass is 10.2. The molecule has 1 aliphatic heterocycles. The average Bonchev–Trinajstić information content (AvgIpc) is 2.84. The number of aliphatic hydroxyl groups is 1. The number of hydrogen-bond donors (Lipinski definition) is 1. The number of aliphatic hydroxyl groups excluding tert-OH is 1. The highest BCUT2D eigenvalue weighted by Crippen LogP contribution is 2.29. The molecule has 1 N–H and O–H groups in total. The molecule has 17 heavy (non-hydrogen) atoms. The van der Waals surface area contributed by atoms with Crippen LogP contribution in [0.3, 0.4) is 0 Å². The predicted molar refractivity (Wildman–Crippen MR) is 71.2 cm³/mol. The summed E-state index contributed by atoms with van der Waals surface area (Å²) in [6.07, 6.45) is 2.61. The fourth-order valence-electron chi connectivity index (χ4n) is 2.12. The molecular formula is C13H18BrNO2. The highest BCUT2D eigenvalue weighted by atomic mass is 79.9. The quantitative estimate of drug-likeness (QED) is 0.906. The molecule has 1 heterocycles. The zero-order chi connectivity index (χ0) is 12.1. The lowest BCUT2D eigenvalue weighted by molar-refractivity contribution is 0.226. The van der Waals surface area contributed by atoms with E-state index in [1.54, 1.807) is 0 Å². The van der Waals surface area contributed by atoms with E-state index in [4.69, 9.17) is 4.74 Å². The number of likely N-dealkylation sites (tertiary alicyclic amines) is 1. The summed E-state index contributed by atoms with van der Waals surface area (Å²) in [6.45, 7) is 4.03. The molecule has 0 saturated carbocycles. The van der Waals surface area contributed by atoms with Gasteiger partial charge in [0.05, 0.1) is 11.1 Å². The van der Waals surface area contributed by atoms with Gasteiger partial charge >= 0.3 is 0 Å². The van der Waals surface area contributed by atoms with Gasteiger partial charge in [0.1, 0.15) is 12.4 Å². The summed E-state index contributed by atoms with van der Waals surface area (Å²) in [6, 6.07) is 5.73. The van der Waals surface area contributed by atoms with Crippen LogP contribution in [0.1, 0.15) is 18.4 Å². The van der Waals surface area contributed by atoms with Gasteiger partial charge in [-0.2, -0.15) is 0 Å². The number of para-hydroxylation sites is 1. The van der Waals surface area contributed by atoms with Crippen LogP contribution in [0.25, 0.3) is 0 Å². The number of ether oxygens (including phenoxy) is 1. The Labute approximate surface area is 111 Å². The summed E-state index contributed by atoms with van der Waals surface area (Å²) >= 11 is 3.45. The van der Waals surface area contributed by atoms with Crippen molar-refractivity contribution in [2.24, 2.45) is 0 Å². The molecule has 0 atom stereocenters. The first-order valence-corrected chi connectivity index (χ1v) is 6.84. The van der Waals surface area contributed by atoms with Crippen molar-refractivity contribution in [3.8, 4) is 5.75 Å². The predicted octanol–water partition coefficient (Wildman–Crippen LogP) is 2.42. The summed E-state index contributed by atoms with van der Waals surface area (Å²) in [4.78, 5) is 2.41. The van der Waals surface area contributed by atoms with E-state index in [1.807, 2.05) is 18.2 Å². The molecule has 1 aliphatic rings. The van der Waals surface area contributed by atoms with E-state index in [2.05, 4.69) is 20.8 Å². The van der Waals surface area contributed by atoms with Crippen molar-refractivity contribution < 1.29 is 9.84 Å². The average molecular weight is 300 g/mol. The number of nitrogens with zero attached hydrogens (tertiary/aromatic N) is 1. The molecule has 3 nitrogen and oxygen atoms in total. The van der Waals surface area contributed by atoms with Crippen LogP contribution in [0, 0.1) is 0 Å². The summed E-state index contributed by atoms with van der Waals surface area (Å²) in [5.74, 6) is 0.772. The molecule has 0 spiro atoms. The second kappa shape index (κ2) is 6.38. The lowest BCUT2D eigenvalue weighted by Gasteiger charge is -2.16. The number of rotatable bonds is 5. The topological polar surface area (TPSA) is 32.7 Å². The van der Waals surface area contributed by atoms with Gasteiger partial charge in [-0.25, -0.2) is 0 Å². The van der Waals surface area contributed by atoms with E-state index in [0.29, 0.717) is 6.61 Å². The van der Waals surface area contributed by atoms with Crippen LogP contribution in [0.4, 0.5) is 0 Å². The standard InChI is InChI=1S/C13H18BrNO2/c14-12-5-3-4-11(10-16)13(12)17-9-8-15-6-1-2-7-15/h3-5,16H,1-2,6-10H2. The molecule has 4 heteroatoms. The molecule has 0 bridgehead atoms. The summed E-state index contributed by atoms with van der Waals surface area (Å²) in [7, 11) is 0. The number of hydrogen-bond acceptors (Lipinski definition) is 3. The molecule has 1 saturated heterocycles. The molecule has 1 fully saturated rings. The van der Waals surface area contributed by atoms with Gasteiger partial charge in [0.15, 0.2) is 0 Å². The molecule has 94 valence electrons. The normalized spacial score (nSPS) is 16.4. The van der Waals surface area contributed by atoms with Gasteiger partial charge in [-0.1, -0.05) is 12.1 Å².